The number of methoxy groups -OCH3 is 1. The number of nitrogens with zero attached hydrogens (tertiary/aromatic N) is 1. The monoisotopic (exact) mass is 608 g/mol. The molecule has 0 saturated carbocycles. The average Bonchev–Trinajstić information content (AvgIpc) is 2.94. The molecule has 0 bridgehead atoms. The smallest absolute Gasteiger partial charge is 0.255 e. The van der Waals surface area contributed by atoms with Gasteiger partial charge in [0.2, 0.25) is 10.0 Å². The number of aryl methyl sites for hydroxylation is 1. The van der Waals surface area contributed by atoms with Crippen molar-refractivity contribution in [1.29, 1.82) is 0 Å². The van der Waals surface area contributed by atoms with Crippen molar-refractivity contribution >= 4 is 27.3 Å². The van der Waals surface area contributed by atoms with Gasteiger partial charge in [-0.25, -0.2) is 8.42 Å². The standard InChI is InChI=1S/C33H44N4O5S/c1-21(2)43(39,40)37-29-19-25(33(4,5)6)18-28(31(29)41-7)36-32(38)24-9-8-22(3)30(17-24)42-27-12-15-35-26(20-27)16-23-10-13-34-14-11-23/h8-9,12,15,17-21,23,34,37H,10-11,13-14,16H2,1-7H3,(H,36,38). The van der Waals surface area contributed by atoms with Gasteiger partial charge < -0.3 is 20.1 Å². The minimum Gasteiger partial charge on any atom is -0.492 e. The van der Waals surface area contributed by atoms with Gasteiger partial charge in [0.25, 0.3) is 5.91 Å². The van der Waals surface area contributed by atoms with Crippen molar-refractivity contribution in [3.8, 4) is 17.2 Å². The molecule has 10 heteroatoms. The fraction of sp³-hybridized carbons (Fsp3) is 0.455. The number of carbonyl (C=O) groups excluding carboxylic acids is 1. The number of benzene rings is 2. The number of piperidine rings is 1. The second-order valence-electron chi connectivity index (χ2n) is 12.5. The number of aromatic nitrogens is 1. The number of carbonyl (C=O) groups is 1. The highest BCUT2D eigenvalue weighted by atomic mass is 32.2. The fourth-order valence-corrected chi connectivity index (χ4v) is 5.60. The predicted octanol–water partition coefficient (Wildman–Crippen LogP) is 6.43. The van der Waals surface area contributed by atoms with E-state index >= 15 is 0 Å². The Labute approximate surface area is 255 Å². The number of anilines is 2. The number of pyridine rings is 1. The molecule has 1 saturated heterocycles. The maximum Gasteiger partial charge on any atom is 0.255 e. The van der Waals surface area contributed by atoms with Crippen LogP contribution in [0.2, 0.25) is 0 Å². The normalized spacial score (nSPS) is 14.4. The summed E-state index contributed by atoms with van der Waals surface area (Å²) < 4.78 is 40.0. The Hall–Kier alpha value is -3.63. The van der Waals surface area contributed by atoms with Gasteiger partial charge in [0, 0.05) is 23.5 Å². The topological polar surface area (TPSA) is 119 Å². The van der Waals surface area contributed by atoms with Crippen LogP contribution in [0.1, 0.15) is 74.6 Å². The van der Waals surface area contributed by atoms with Crippen molar-refractivity contribution < 1.29 is 22.7 Å². The summed E-state index contributed by atoms with van der Waals surface area (Å²) in [5.74, 6) is 1.68. The first kappa shape index (κ1) is 32.3. The quantitative estimate of drug-likeness (QED) is 0.243. The third-order valence-electron chi connectivity index (χ3n) is 7.70. The van der Waals surface area contributed by atoms with Crippen molar-refractivity contribution in [1.82, 2.24) is 10.3 Å². The summed E-state index contributed by atoms with van der Waals surface area (Å²) in [4.78, 5) is 18.1. The van der Waals surface area contributed by atoms with Crippen molar-refractivity contribution in [3.05, 3.63) is 71.0 Å². The van der Waals surface area contributed by atoms with E-state index in [1.807, 2.05) is 52.0 Å². The first-order chi connectivity index (χ1) is 20.3. The summed E-state index contributed by atoms with van der Waals surface area (Å²) in [7, 11) is -2.22. The van der Waals surface area contributed by atoms with Gasteiger partial charge in [0.1, 0.15) is 11.5 Å². The largest absolute Gasteiger partial charge is 0.492 e. The first-order valence-corrected chi connectivity index (χ1v) is 16.3. The molecule has 2 heterocycles. The van der Waals surface area contributed by atoms with Gasteiger partial charge in [-0.15, -0.1) is 0 Å². The maximum absolute atomic E-state index is 13.6. The Balaban J connectivity index is 1.60. The molecule has 0 unspecified atom stereocenters. The Bertz CT molecular complexity index is 1560. The van der Waals surface area contributed by atoms with Gasteiger partial charge in [-0.1, -0.05) is 26.8 Å². The molecular weight excluding hydrogens is 564 g/mol. The van der Waals surface area contributed by atoms with Gasteiger partial charge in [0.05, 0.1) is 23.7 Å². The van der Waals surface area contributed by atoms with E-state index in [0.29, 0.717) is 28.7 Å². The zero-order valence-electron chi connectivity index (χ0n) is 26.2. The highest BCUT2D eigenvalue weighted by Gasteiger charge is 2.25. The third kappa shape index (κ3) is 8.26. The number of hydrogen-bond donors (Lipinski definition) is 3. The summed E-state index contributed by atoms with van der Waals surface area (Å²) in [5, 5.41) is 5.69. The van der Waals surface area contributed by atoms with Gasteiger partial charge in [-0.05, 0) is 106 Å². The lowest BCUT2D eigenvalue weighted by atomic mass is 9.86. The molecule has 4 rings (SSSR count). The minimum atomic E-state index is -3.66. The lowest BCUT2D eigenvalue weighted by Crippen LogP contribution is -2.28. The van der Waals surface area contributed by atoms with Crippen LogP contribution in [0.25, 0.3) is 0 Å². The van der Waals surface area contributed by atoms with E-state index in [9.17, 15) is 13.2 Å². The Morgan fingerprint density at radius 1 is 1.07 bits per heavy atom. The van der Waals surface area contributed by atoms with Crippen LogP contribution >= 0.6 is 0 Å². The Morgan fingerprint density at radius 3 is 2.42 bits per heavy atom. The van der Waals surface area contributed by atoms with Crippen molar-refractivity contribution in [2.75, 3.05) is 30.2 Å². The van der Waals surface area contributed by atoms with E-state index in [1.54, 1.807) is 38.2 Å². The number of ether oxygens (including phenoxy) is 2. The van der Waals surface area contributed by atoms with E-state index in [1.165, 1.54) is 7.11 Å². The molecule has 3 aromatic rings. The number of sulfonamides is 1. The zero-order valence-corrected chi connectivity index (χ0v) is 27.0. The van der Waals surface area contributed by atoms with Gasteiger partial charge in [-0.2, -0.15) is 0 Å². The molecule has 1 aliphatic heterocycles. The van der Waals surface area contributed by atoms with E-state index in [-0.39, 0.29) is 22.8 Å². The Kier molecular flexibility index (Phi) is 10.0. The number of rotatable bonds is 10. The molecule has 3 N–H and O–H groups in total. The highest BCUT2D eigenvalue weighted by molar-refractivity contribution is 7.93. The molecule has 0 radical (unpaired) electrons. The lowest BCUT2D eigenvalue weighted by Gasteiger charge is -2.24. The molecule has 9 nitrogen and oxygen atoms in total. The molecule has 2 aromatic carbocycles. The number of nitrogens with one attached hydrogen (secondary N) is 3. The number of hydrogen-bond acceptors (Lipinski definition) is 7. The summed E-state index contributed by atoms with van der Waals surface area (Å²) in [6.45, 7) is 13.3. The molecule has 43 heavy (non-hydrogen) atoms. The van der Waals surface area contributed by atoms with Crippen LogP contribution in [0.15, 0.2) is 48.7 Å². The van der Waals surface area contributed by atoms with Gasteiger partial charge in [-0.3, -0.25) is 14.5 Å². The van der Waals surface area contributed by atoms with Crippen molar-refractivity contribution in [2.45, 2.75) is 71.5 Å². The molecular formula is C33H44N4O5S. The summed E-state index contributed by atoms with van der Waals surface area (Å²) in [5.41, 5.74) is 3.39. The SMILES string of the molecule is COc1c(NC(=O)c2ccc(C)c(Oc3ccnc(CC4CCNCC4)c3)c2)cc(C(C)(C)C)cc1NS(=O)(=O)C(C)C. The van der Waals surface area contributed by atoms with Crippen molar-refractivity contribution in [3.63, 3.8) is 0 Å². The molecule has 0 spiro atoms. The van der Waals surface area contributed by atoms with Crippen LogP contribution in [-0.2, 0) is 21.9 Å². The predicted molar refractivity (Wildman–Crippen MR) is 172 cm³/mol. The van der Waals surface area contributed by atoms with Gasteiger partial charge in [0.15, 0.2) is 5.75 Å². The minimum absolute atomic E-state index is 0.229. The second kappa shape index (κ2) is 13.3. The van der Waals surface area contributed by atoms with Crippen LogP contribution in [-0.4, -0.2) is 44.8 Å². The van der Waals surface area contributed by atoms with Crippen molar-refractivity contribution in [2.24, 2.45) is 5.92 Å². The molecule has 1 fully saturated rings. The fourth-order valence-electron chi connectivity index (χ4n) is 4.91. The van der Waals surface area contributed by atoms with Crippen LogP contribution < -0.4 is 24.8 Å². The second-order valence-corrected chi connectivity index (χ2v) is 14.7. The van der Waals surface area contributed by atoms with Crippen LogP contribution in [0, 0.1) is 12.8 Å². The average molecular weight is 609 g/mol. The number of amides is 1. The maximum atomic E-state index is 13.6. The molecule has 1 aliphatic rings. The van der Waals surface area contributed by atoms with Crippen LogP contribution in [0.5, 0.6) is 17.2 Å². The summed E-state index contributed by atoms with van der Waals surface area (Å²) in [6.07, 6.45) is 4.94. The highest BCUT2D eigenvalue weighted by Crippen LogP contribution is 2.40. The summed E-state index contributed by atoms with van der Waals surface area (Å²) in [6, 6.07) is 12.6. The molecule has 1 amide bonds. The van der Waals surface area contributed by atoms with E-state index in [2.05, 4.69) is 20.3 Å². The zero-order chi connectivity index (χ0) is 31.4. The molecule has 0 aliphatic carbocycles. The van der Waals surface area contributed by atoms with Gasteiger partial charge >= 0.3 is 0 Å². The van der Waals surface area contributed by atoms with Crippen LogP contribution in [0.3, 0.4) is 0 Å². The molecule has 232 valence electrons. The third-order valence-corrected chi connectivity index (χ3v) is 9.45. The first-order valence-electron chi connectivity index (χ1n) is 14.8. The Morgan fingerprint density at radius 2 is 1.77 bits per heavy atom. The lowest BCUT2D eigenvalue weighted by molar-refractivity contribution is 0.102. The summed E-state index contributed by atoms with van der Waals surface area (Å²) >= 11 is 0. The van der Waals surface area contributed by atoms with Crippen LogP contribution in [0.4, 0.5) is 11.4 Å². The van der Waals surface area contributed by atoms with E-state index < -0.39 is 15.3 Å². The van der Waals surface area contributed by atoms with E-state index in [0.717, 1.165) is 49.2 Å². The molecule has 1 aromatic heterocycles. The molecule has 0 atom stereocenters. The van der Waals surface area contributed by atoms with E-state index in [4.69, 9.17) is 9.47 Å².